The summed E-state index contributed by atoms with van der Waals surface area (Å²) in [6.07, 6.45) is 3.54. The molecule has 1 nitrogen and oxygen atoms in total. The van der Waals surface area contributed by atoms with Crippen LogP contribution in [-0.2, 0) is 5.60 Å². The Hall–Kier alpha value is -0.120. The van der Waals surface area contributed by atoms with E-state index in [9.17, 15) is 9.50 Å². The SMILES string of the molecule is CC1CCCCC1(O)c1ccc(Br)c(Cl)c1F. The molecule has 1 fully saturated rings. The van der Waals surface area contributed by atoms with E-state index in [2.05, 4.69) is 15.9 Å². The highest BCUT2D eigenvalue weighted by atomic mass is 79.9. The number of benzene rings is 1. The Kier molecular flexibility index (Phi) is 3.81. The molecule has 0 spiro atoms. The van der Waals surface area contributed by atoms with E-state index in [-0.39, 0.29) is 10.9 Å². The fraction of sp³-hybridized carbons (Fsp3) is 0.538. The largest absolute Gasteiger partial charge is 0.385 e. The summed E-state index contributed by atoms with van der Waals surface area (Å²) in [6, 6.07) is 3.33. The standard InChI is InChI=1S/C13H15BrClFO/c1-8-4-2-3-7-13(8,17)9-5-6-10(14)11(15)12(9)16/h5-6,8,17H,2-4,7H2,1H3. The quantitative estimate of drug-likeness (QED) is 0.747. The van der Waals surface area contributed by atoms with Gasteiger partial charge in [0.05, 0.1) is 10.6 Å². The van der Waals surface area contributed by atoms with Crippen LogP contribution in [0, 0.1) is 11.7 Å². The second-order valence-electron chi connectivity index (χ2n) is 4.79. The summed E-state index contributed by atoms with van der Waals surface area (Å²) in [6.45, 7) is 1.97. The molecule has 1 aliphatic rings. The molecule has 0 heterocycles. The van der Waals surface area contributed by atoms with Crippen molar-refractivity contribution in [2.45, 2.75) is 38.2 Å². The highest BCUT2D eigenvalue weighted by molar-refractivity contribution is 9.10. The maximum atomic E-state index is 14.1. The van der Waals surface area contributed by atoms with Crippen LogP contribution in [0.25, 0.3) is 0 Å². The molecule has 1 aliphatic carbocycles. The Labute approximate surface area is 114 Å². The van der Waals surface area contributed by atoms with Crippen LogP contribution in [-0.4, -0.2) is 5.11 Å². The van der Waals surface area contributed by atoms with Gasteiger partial charge in [-0.15, -0.1) is 0 Å². The van der Waals surface area contributed by atoms with Gasteiger partial charge < -0.3 is 5.11 Å². The first-order valence-electron chi connectivity index (χ1n) is 5.83. The number of halogens is 3. The van der Waals surface area contributed by atoms with E-state index in [1.165, 1.54) is 0 Å². The Morgan fingerprint density at radius 2 is 2.18 bits per heavy atom. The fourth-order valence-electron chi connectivity index (χ4n) is 2.59. The van der Waals surface area contributed by atoms with Gasteiger partial charge in [-0.25, -0.2) is 4.39 Å². The highest BCUT2D eigenvalue weighted by Crippen LogP contribution is 2.44. The average Bonchev–Trinajstić information content (AvgIpc) is 2.30. The van der Waals surface area contributed by atoms with Crippen molar-refractivity contribution in [3.63, 3.8) is 0 Å². The van der Waals surface area contributed by atoms with Gasteiger partial charge in [-0.3, -0.25) is 0 Å². The Bertz CT molecular complexity index is 438. The van der Waals surface area contributed by atoms with Gasteiger partial charge in [-0.05, 0) is 40.8 Å². The second kappa shape index (κ2) is 4.87. The van der Waals surface area contributed by atoms with Crippen molar-refractivity contribution in [2.24, 2.45) is 5.92 Å². The molecule has 0 aromatic heterocycles. The molecule has 1 aromatic carbocycles. The lowest BCUT2D eigenvalue weighted by Crippen LogP contribution is -2.37. The number of hydrogen-bond donors (Lipinski definition) is 1. The van der Waals surface area contributed by atoms with Crippen molar-refractivity contribution < 1.29 is 9.50 Å². The molecule has 0 aliphatic heterocycles. The zero-order valence-corrected chi connectivity index (χ0v) is 12.0. The summed E-state index contributed by atoms with van der Waals surface area (Å²) < 4.78 is 14.7. The third-order valence-corrected chi connectivity index (χ3v) is 5.02. The second-order valence-corrected chi connectivity index (χ2v) is 6.03. The lowest BCUT2D eigenvalue weighted by Gasteiger charge is -2.38. The molecule has 94 valence electrons. The van der Waals surface area contributed by atoms with Crippen molar-refractivity contribution in [2.75, 3.05) is 0 Å². The zero-order chi connectivity index (χ0) is 12.6. The molecule has 4 heteroatoms. The summed E-state index contributed by atoms with van der Waals surface area (Å²) >= 11 is 9.06. The first-order chi connectivity index (χ1) is 7.97. The van der Waals surface area contributed by atoms with Gasteiger partial charge in [-0.1, -0.05) is 37.4 Å². The van der Waals surface area contributed by atoms with Crippen molar-refractivity contribution in [3.8, 4) is 0 Å². The summed E-state index contributed by atoms with van der Waals surface area (Å²) in [5.74, 6) is -0.444. The Morgan fingerprint density at radius 3 is 2.82 bits per heavy atom. The van der Waals surface area contributed by atoms with Crippen molar-refractivity contribution in [3.05, 3.63) is 33.0 Å². The summed E-state index contributed by atoms with van der Waals surface area (Å²) in [5.41, 5.74) is -0.745. The van der Waals surface area contributed by atoms with Crippen LogP contribution >= 0.6 is 27.5 Å². The maximum Gasteiger partial charge on any atom is 0.149 e. The molecule has 2 unspecified atom stereocenters. The molecular formula is C13H15BrClFO. The van der Waals surface area contributed by atoms with Gasteiger partial charge in [0.1, 0.15) is 5.82 Å². The smallest absolute Gasteiger partial charge is 0.149 e. The fourth-order valence-corrected chi connectivity index (χ4v) is 3.06. The van der Waals surface area contributed by atoms with Gasteiger partial charge in [0, 0.05) is 10.0 Å². The molecular weight excluding hydrogens is 306 g/mol. The average molecular weight is 322 g/mol. The molecule has 1 aromatic rings. The monoisotopic (exact) mass is 320 g/mol. The lowest BCUT2D eigenvalue weighted by atomic mass is 9.72. The molecule has 1 saturated carbocycles. The number of rotatable bonds is 1. The van der Waals surface area contributed by atoms with Gasteiger partial charge in [0.25, 0.3) is 0 Å². The molecule has 1 N–H and O–H groups in total. The van der Waals surface area contributed by atoms with E-state index in [1.807, 2.05) is 6.92 Å². The Balaban J connectivity index is 2.49. The summed E-state index contributed by atoms with van der Waals surface area (Å²) in [5, 5.41) is 10.7. The number of aliphatic hydroxyl groups is 1. The van der Waals surface area contributed by atoms with Crippen molar-refractivity contribution in [1.82, 2.24) is 0 Å². The molecule has 2 atom stereocenters. The molecule has 2 rings (SSSR count). The number of hydrogen-bond acceptors (Lipinski definition) is 1. The molecule has 0 saturated heterocycles. The van der Waals surface area contributed by atoms with Crippen molar-refractivity contribution in [1.29, 1.82) is 0 Å². The predicted octanol–water partition coefficient (Wildman–Crippen LogP) is 4.64. The van der Waals surface area contributed by atoms with Crippen LogP contribution in [0.5, 0.6) is 0 Å². The van der Waals surface area contributed by atoms with E-state index in [1.54, 1.807) is 12.1 Å². The van der Waals surface area contributed by atoms with E-state index in [0.29, 0.717) is 16.5 Å². The van der Waals surface area contributed by atoms with Crippen LogP contribution in [0.4, 0.5) is 4.39 Å². The zero-order valence-electron chi connectivity index (χ0n) is 9.64. The van der Waals surface area contributed by atoms with Crippen LogP contribution in [0.15, 0.2) is 16.6 Å². The Morgan fingerprint density at radius 1 is 1.47 bits per heavy atom. The normalized spacial score (nSPS) is 29.4. The van der Waals surface area contributed by atoms with Gasteiger partial charge >= 0.3 is 0 Å². The van der Waals surface area contributed by atoms with Crippen molar-refractivity contribution >= 4 is 27.5 Å². The van der Waals surface area contributed by atoms with E-state index < -0.39 is 11.4 Å². The summed E-state index contributed by atoms with van der Waals surface area (Å²) in [7, 11) is 0. The van der Waals surface area contributed by atoms with E-state index in [0.717, 1.165) is 19.3 Å². The van der Waals surface area contributed by atoms with Crippen LogP contribution < -0.4 is 0 Å². The van der Waals surface area contributed by atoms with Crippen LogP contribution in [0.2, 0.25) is 5.02 Å². The van der Waals surface area contributed by atoms with Gasteiger partial charge in [0.2, 0.25) is 0 Å². The molecule has 0 bridgehead atoms. The minimum atomic E-state index is -1.08. The van der Waals surface area contributed by atoms with E-state index >= 15 is 0 Å². The van der Waals surface area contributed by atoms with Gasteiger partial charge in [-0.2, -0.15) is 0 Å². The minimum absolute atomic E-state index is 0.0497. The third-order valence-electron chi connectivity index (χ3n) is 3.76. The van der Waals surface area contributed by atoms with E-state index in [4.69, 9.17) is 11.6 Å². The van der Waals surface area contributed by atoms with Crippen LogP contribution in [0.3, 0.4) is 0 Å². The summed E-state index contributed by atoms with van der Waals surface area (Å²) in [4.78, 5) is 0. The highest BCUT2D eigenvalue weighted by Gasteiger charge is 2.40. The first kappa shape index (κ1) is 13.3. The van der Waals surface area contributed by atoms with Crippen LogP contribution in [0.1, 0.15) is 38.2 Å². The molecule has 17 heavy (non-hydrogen) atoms. The minimum Gasteiger partial charge on any atom is -0.385 e. The molecule has 0 radical (unpaired) electrons. The third kappa shape index (κ3) is 2.25. The lowest BCUT2D eigenvalue weighted by molar-refractivity contribution is -0.0496. The van der Waals surface area contributed by atoms with Gasteiger partial charge in [0.15, 0.2) is 0 Å². The topological polar surface area (TPSA) is 20.2 Å². The predicted molar refractivity (Wildman–Crippen MR) is 70.6 cm³/mol. The molecule has 0 amide bonds. The maximum absolute atomic E-state index is 14.1. The first-order valence-corrected chi connectivity index (χ1v) is 7.00.